The first kappa shape index (κ1) is 16.8. The Kier molecular flexibility index (Phi) is 4.86. The molecule has 3 N–H and O–H groups in total. The summed E-state index contributed by atoms with van der Waals surface area (Å²) in [5.74, 6) is -0.624. The summed E-state index contributed by atoms with van der Waals surface area (Å²) in [6.07, 6.45) is 0. The minimum atomic E-state index is -1.40. The van der Waals surface area contributed by atoms with Crippen LogP contribution in [0.15, 0.2) is 40.8 Å². The second kappa shape index (κ2) is 6.66. The van der Waals surface area contributed by atoms with Gasteiger partial charge in [-0.3, -0.25) is 9.59 Å². The molecule has 6 nitrogen and oxygen atoms in total. The number of furan rings is 1. The summed E-state index contributed by atoms with van der Waals surface area (Å²) in [5.41, 5.74) is 0.0279. The van der Waals surface area contributed by atoms with Crippen molar-refractivity contribution in [3.8, 4) is 0 Å². The average Bonchev–Trinajstić information content (AvgIpc) is 2.94. The van der Waals surface area contributed by atoms with E-state index < -0.39 is 17.4 Å². The van der Waals surface area contributed by atoms with Crippen LogP contribution >= 0.6 is 0 Å². The molecule has 0 spiro atoms. The molecule has 0 saturated heterocycles. The van der Waals surface area contributed by atoms with Crippen molar-refractivity contribution >= 4 is 17.5 Å². The minimum absolute atomic E-state index is 0.139. The fourth-order valence-corrected chi connectivity index (χ4v) is 2.04. The number of hydrogen-bond donors (Lipinski definition) is 3. The van der Waals surface area contributed by atoms with E-state index in [1.807, 2.05) is 19.1 Å². The van der Waals surface area contributed by atoms with Crippen LogP contribution in [-0.4, -0.2) is 23.5 Å². The van der Waals surface area contributed by atoms with Gasteiger partial charge in [0.15, 0.2) is 0 Å². The third kappa shape index (κ3) is 4.20. The Morgan fingerprint density at radius 3 is 2.43 bits per heavy atom. The largest absolute Gasteiger partial charge is 0.463 e. The van der Waals surface area contributed by atoms with Crippen molar-refractivity contribution in [3.05, 3.63) is 53.5 Å². The maximum absolute atomic E-state index is 11.9. The molecule has 1 aromatic heterocycles. The van der Waals surface area contributed by atoms with E-state index in [2.05, 4.69) is 10.6 Å². The van der Waals surface area contributed by atoms with Gasteiger partial charge in [-0.2, -0.15) is 0 Å². The van der Waals surface area contributed by atoms with Gasteiger partial charge in [0, 0.05) is 5.69 Å². The molecule has 0 fully saturated rings. The molecular formula is C17H20N2O4. The number of anilines is 1. The molecule has 2 aromatic rings. The topological polar surface area (TPSA) is 91.6 Å². The van der Waals surface area contributed by atoms with Gasteiger partial charge in [0.1, 0.15) is 17.1 Å². The van der Waals surface area contributed by atoms with Crippen LogP contribution in [0.3, 0.4) is 0 Å². The highest BCUT2D eigenvalue weighted by atomic mass is 16.4. The number of carbonyl (C=O) groups is 2. The number of carbonyl (C=O) groups excluding carboxylic acids is 2. The molecule has 1 unspecified atom stereocenters. The molecular weight excluding hydrogens is 296 g/mol. The standard InChI is InChI=1S/C17H20N2O4/c1-11-6-4-5-7-13(11)19-16(21)15(20)18-10-17(3,22)14-9-8-12(2)23-14/h4-9,22H,10H2,1-3H3,(H,18,20)(H,19,21). The van der Waals surface area contributed by atoms with Gasteiger partial charge in [-0.15, -0.1) is 0 Å². The second-order valence-electron chi connectivity index (χ2n) is 5.64. The van der Waals surface area contributed by atoms with Gasteiger partial charge < -0.3 is 20.2 Å². The Labute approximate surface area is 134 Å². The molecule has 2 amide bonds. The summed E-state index contributed by atoms with van der Waals surface area (Å²) >= 11 is 0. The van der Waals surface area contributed by atoms with Crippen molar-refractivity contribution in [2.24, 2.45) is 0 Å². The highest BCUT2D eigenvalue weighted by molar-refractivity contribution is 6.39. The van der Waals surface area contributed by atoms with Crippen molar-refractivity contribution < 1.29 is 19.1 Å². The zero-order valence-electron chi connectivity index (χ0n) is 13.3. The number of hydrogen-bond acceptors (Lipinski definition) is 4. The predicted molar refractivity (Wildman–Crippen MR) is 85.8 cm³/mol. The van der Waals surface area contributed by atoms with E-state index in [0.29, 0.717) is 17.2 Å². The Balaban J connectivity index is 1.94. The Morgan fingerprint density at radius 2 is 1.83 bits per heavy atom. The molecule has 122 valence electrons. The molecule has 1 atom stereocenters. The van der Waals surface area contributed by atoms with Crippen LogP contribution in [0.5, 0.6) is 0 Å². The first-order valence-corrected chi connectivity index (χ1v) is 7.24. The lowest BCUT2D eigenvalue weighted by molar-refractivity contribution is -0.136. The van der Waals surface area contributed by atoms with Crippen molar-refractivity contribution in [1.29, 1.82) is 0 Å². The molecule has 1 heterocycles. The summed E-state index contributed by atoms with van der Waals surface area (Å²) in [6, 6.07) is 10.5. The van der Waals surface area contributed by atoms with Crippen LogP contribution in [0.2, 0.25) is 0 Å². The van der Waals surface area contributed by atoms with Crippen LogP contribution in [0.1, 0.15) is 24.0 Å². The van der Waals surface area contributed by atoms with Gasteiger partial charge in [-0.1, -0.05) is 18.2 Å². The monoisotopic (exact) mass is 316 g/mol. The van der Waals surface area contributed by atoms with E-state index in [0.717, 1.165) is 5.56 Å². The lowest BCUT2D eigenvalue weighted by Gasteiger charge is -2.21. The number of rotatable bonds is 4. The summed E-state index contributed by atoms with van der Waals surface area (Å²) in [4.78, 5) is 23.8. The van der Waals surface area contributed by atoms with Gasteiger partial charge >= 0.3 is 11.8 Å². The van der Waals surface area contributed by atoms with Crippen LogP contribution < -0.4 is 10.6 Å². The maximum atomic E-state index is 11.9. The van der Waals surface area contributed by atoms with E-state index in [-0.39, 0.29) is 6.54 Å². The number of nitrogens with one attached hydrogen (secondary N) is 2. The van der Waals surface area contributed by atoms with Gasteiger partial charge in [0.2, 0.25) is 0 Å². The third-order valence-corrected chi connectivity index (χ3v) is 3.46. The van der Waals surface area contributed by atoms with Crippen molar-refractivity contribution in [1.82, 2.24) is 5.32 Å². The molecule has 2 rings (SSSR count). The first-order valence-electron chi connectivity index (χ1n) is 7.24. The number of benzene rings is 1. The summed E-state index contributed by atoms with van der Waals surface area (Å²) < 4.78 is 5.35. The summed E-state index contributed by atoms with van der Waals surface area (Å²) in [5, 5.41) is 15.3. The highest BCUT2D eigenvalue weighted by Crippen LogP contribution is 2.21. The molecule has 6 heteroatoms. The molecule has 0 aliphatic heterocycles. The van der Waals surface area contributed by atoms with E-state index in [4.69, 9.17) is 4.42 Å². The Bertz CT molecular complexity index is 719. The van der Waals surface area contributed by atoms with Crippen LogP contribution in [0, 0.1) is 13.8 Å². The number of aryl methyl sites for hydroxylation is 2. The highest BCUT2D eigenvalue weighted by Gasteiger charge is 2.28. The lowest BCUT2D eigenvalue weighted by Crippen LogP contribution is -2.43. The minimum Gasteiger partial charge on any atom is -0.463 e. The van der Waals surface area contributed by atoms with Gasteiger partial charge in [-0.25, -0.2) is 0 Å². The van der Waals surface area contributed by atoms with E-state index >= 15 is 0 Å². The Hall–Kier alpha value is -2.60. The first-order chi connectivity index (χ1) is 10.8. The molecule has 0 aliphatic carbocycles. The zero-order valence-corrected chi connectivity index (χ0v) is 13.3. The third-order valence-electron chi connectivity index (χ3n) is 3.46. The fraction of sp³-hybridized carbons (Fsp3) is 0.294. The van der Waals surface area contributed by atoms with Crippen molar-refractivity contribution in [2.45, 2.75) is 26.4 Å². The lowest BCUT2D eigenvalue weighted by atomic mass is 10.0. The average molecular weight is 316 g/mol. The smallest absolute Gasteiger partial charge is 0.313 e. The van der Waals surface area contributed by atoms with Crippen LogP contribution in [0.4, 0.5) is 5.69 Å². The molecule has 0 bridgehead atoms. The molecule has 0 saturated carbocycles. The maximum Gasteiger partial charge on any atom is 0.313 e. The second-order valence-corrected chi connectivity index (χ2v) is 5.64. The van der Waals surface area contributed by atoms with Crippen LogP contribution in [-0.2, 0) is 15.2 Å². The normalized spacial score (nSPS) is 13.2. The quantitative estimate of drug-likeness (QED) is 0.751. The Morgan fingerprint density at radius 1 is 1.13 bits per heavy atom. The predicted octanol–water partition coefficient (Wildman–Crippen LogP) is 1.86. The van der Waals surface area contributed by atoms with E-state index in [9.17, 15) is 14.7 Å². The SMILES string of the molecule is Cc1ccc(C(C)(O)CNC(=O)C(=O)Nc2ccccc2C)o1. The van der Waals surface area contributed by atoms with Crippen molar-refractivity contribution in [2.75, 3.05) is 11.9 Å². The van der Waals surface area contributed by atoms with Crippen LogP contribution in [0.25, 0.3) is 0 Å². The molecule has 23 heavy (non-hydrogen) atoms. The number of para-hydroxylation sites is 1. The molecule has 0 radical (unpaired) electrons. The number of aliphatic hydroxyl groups is 1. The van der Waals surface area contributed by atoms with Gasteiger partial charge in [0.05, 0.1) is 6.54 Å². The van der Waals surface area contributed by atoms with Gasteiger partial charge in [0.25, 0.3) is 0 Å². The van der Waals surface area contributed by atoms with E-state index in [1.165, 1.54) is 6.92 Å². The summed E-state index contributed by atoms with van der Waals surface area (Å²) in [7, 11) is 0. The fourth-order valence-electron chi connectivity index (χ4n) is 2.04. The van der Waals surface area contributed by atoms with Gasteiger partial charge in [-0.05, 0) is 44.5 Å². The zero-order chi connectivity index (χ0) is 17.0. The van der Waals surface area contributed by atoms with E-state index in [1.54, 1.807) is 31.2 Å². The summed E-state index contributed by atoms with van der Waals surface area (Å²) in [6.45, 7) is 4.95. The molecule has 0 aliphatic rings. The molecule has 1 aromatic carbocycles. The van der Waals surface area contributed by atoms with Crippen molar-refractivity contribution in [3.63, 3.8) is 0 Å². The number of amides is 2.